The van der Waals surface area contributed by atoms with Gasteiger partial charge in [0.25, 0.3) is 0 Å². The maximum absolute atomic E-state index is 6.10. The second kappa shape index (κ2) is 6.63. The van der Waals surface area contributed by atoms with Crippen LogP contribution in [0.3, 0.4) is 0 Å². The standard InChI is InChI=1S/C14H17ClN2O3/c1-17(9-12-4-5-20-16-12)8-10-6-11(15)7-13(18-2)14(10)19-3/h4-7H,8-9H2,1-3H3. The molecule has 108 valence electrons. The number of methoxy groups -OCH3 is 2. The largest absolute Gasteiger partial charge is 0.493 e. The van der Waals surface area contributed by atoms with Gasteiger partial charge in [-0.2, -0.15) is 0 Å². The molecule has 1 aromatic heterocycles. The first kappa shape index (κ1) is 14.7. The molecule has 0 amide bonds. The number of rotatable bonds is 6. The van der Waals surface area contributed by atoms with Gasteiger partial charge in [0.1, 0.15) is 6.26 Å². The summed E-state index contributed by atoms with van der Waals surface area (Å²) in [5, 5.41) is 4.51. The van der Waals surface area contributed by atoms with Crippen LogP contribution < -0.4 is 9.47 Å². The topological polar surface area (TPSA) is 47.7 Å². The first-order chi connectivity index (χ1) is 9.63. The molecule has 0 radical (unpaired) electrons. The lowest BCUT2D eigenvalue weighted by Crippen LogP contribution is -2.18. The van der Waals surface area contributed by atoms with Crippen molar-refractivity contribution in [2.45, 2.75) is 13.1 Å². The molecule has 6 heteroatoms. The molecule has 0 saturated carbocycles. The lowest BCUT2D eigenvalue weighted by Gasteiger charge is -2.19. The van der Waals surface area contributed by atoms with E-state index in [1.807, 2.05) is 19.2 Å². The van der Waals surface area contributed by atoms with Gasteiger partial charge in [0.2, 0.25) is 0 Å². The van der Waals surface area contributed by atoms with Crippen molar-refractivity contribution in [1.29, 1.82) is 0 Å². The van der Waals surface area contributed by atoms with Crippen LogP contribution in [0.25, 0.3) is 0 Å². The summed E-state index contributed by atoms with van der Waals surface area (Å²) in [5.41, 5.74) is 1.84. The number of ether oxygens (including phenoxy) is 2. The van der Waals surface area contributed by atoms with Gasteiger partial charge in [-0.3, -0.25) is 4.90 Å². The molecule has 2 rings (SSSR count). The average molecular weight is 297 g/mol. The van der Waals surface area contributed by atoms with E-state index < -0.39 is 0 Å². The average Bonchev–Trinajstić information content (AvgIpc) is 2.90. The van der Waals surface area contributed by atoms with Crippen molar-refractivity contribution < 1.29 is 14.0 Å². The molecule has 0 fully saturated rings. The molecule has 0 aliphatic heterocycles. The summed E-state index contributed by atoms with van der Waals surface area (Å²) in [6.45, 7) is 1.33. The molecule has 0 spiro atoms. The molecule has 0 saturated heterocycles. The summed E-state index contributed by atoms with van der Waals surface area (Å²) in [6.07, 6.45) is 1.56. The molecule has 0 bridgehead atoms. The van der Waals surface area contributed by atoms with Gasteiger partial charge < -0.3 is 14.0 Å². The van der Waals surface area contributed by atoms with Crippen LogP contribution in [0.1, 0.15) is 11.3 Å². The van der Waals surface area contributed by atoms with E-state index in [4.69, 9.17) is 25.6 Å². The molecule has 5 nitrogen and oxygen atoms in total. The minimum absolute atomic E-state index is 0.618. The highest BCUT2D eigenvalue weighted by Gasteiger charge is 2.14. The monoisotopic (exact) mass is 296 g/mol. The van der Waals surface area contributed by atoms with Crippen molar-refractivity contribution in [2.24, 2.45) is 0 Å². The van der Waals surface area contributed by atoms with Crippen LogP contribution in [0.15, 0.2) is 29.0 Å². The van der Waals surface area contributed by atoms with E-state index in [1.165, 1.54) is 0 Å². The molecular formula is C14H17ClN2O3. The molecule has 20 heavy (non-hydrogen) atoms. The summed E-state index contributed by atoms with van der Waals surface area (Å²) < 4.78 is 15.5. The Labute approximate surface area is 123 Å². The van der Waals surface area contributed by atoms with Crippen LogP contribution in [-0.4, -0.2) is 31.3 Å². The summed E-state index contributed by atoms with van der Waals surface area (Å²) in [4.78, 5) is 2.09. The van der Waals surface area contributed by atoms with Crippen LogP contribution in [-0.2, 0) is 13.1 Å². The van der Waals surface area contributed by atoms with Gasteiger partial charge in [-0.05, 0) is 13.1 Å². The molecule has 0 atom stereocenters. The second-order valence-electron chi connectivity index (χ2n) is 4.46. The maximum atomic E-state index is 6.10. The normalized spacial score (nSPS) is 10.8. The smallest absolute Gasteiger partial charge is 0.165 e. The van der Waals surface area contributed by atoms with Crippen molar-refractivity contribution in [3.63, 3.8) is 0 Å². The van der Waals surface area contributed by atoms with Gasteiger partial charge >= 0.3 is 0 Å². The Bertz CT molecular complexity index is 558. The quantitative estimate of drug-likeness (QED) is 0.820. The van der Waals surface area contributed by atoms with Gasteiger partial charge in [0.05, 0.1) is 19.9 Å². The summed E-state index contributed by atoms with van der Waals surface area (Å²) in [6, 6.07) is 5.45. The highest BCUT2D eigenvalue weighted by atomic mass is 35.5. The molecule has 0 aliphatic rings. The van der Waals surface area contributed by atoms with Gasteiger partial charge in [0, 0.05) is 35.8 Å². The fourth-order valence-electron chi connectivity index (χ4n) is 2.07. The summed E-state index contributed by atoms with van der Waals surface area (Å²) in [5.74, 6) is 1.33. The minimum atomic E-state index is 0.618. The first-order valence-corrected chi connectivity index (χ1v) is 6.50. The Balaban J connectivity index is 2.17. The highest BCUT2D eigenvalue weighted by Crippen LogP contribution is 2.35. The molecule has 0 N–H and O–H groups in total. The Kier molecular flexibility index (Phi) is 4.87. The number of hydrogen-bond acceptors (Lipinski definition) is 5. The minimum Gasteiger partial charge on any atom is -0.493 e. The fraction of sp³-hybridized carbons (Fsp3) is 0.357. The lowest BCUT2D eigenvalue weighted by atomic mass is 10.1. The van der Waals surface area contributed by atoms with E-state index >= 15 is 0 Å². The zero-order valence-corrected chi connectivity index (χ0v) is 12.5. The van der Waals surface area contributed by atoms with Gasteiger partial charge in [-0.25, -0.2) is 0 Å². The highest BCUT2D eigenvalue weighted by molar-refractivity contribution is 6.30. The number of hydrogen-bond donors (Lipinski definition) is 0. The first-order valence-electron chi connectivity index (χ1n) is 6.12. The summed E-state index contributed by atoms with van der Waals surface area (Å²) >= 11 is 6.10. The van der Waals surface area contributed by atoms with Gasteiger partial charge in [0.15, 0.2) is 11.5 Å². The third kappa shape index (κ3) is 3.43. The Morgan fingerprint density at radius 3 is 2.65 bits per heavy atom. The zero-order chi connectivity index (χ0) is 14.5. The van der Waals surface area contributed by atoms with Crippen LogP contribution >= 0.6 is 11.6 Å². The molecule has 1 heterocycles. The van der Waals surface area contributed by atoms with Crippen LogP contribution in [0.5, 0.6) is 11.5 Å². The van der Waals surface area contributed by atoms with E-state index in [0.29, 0.717) is 29.6 Å². The number of aromatic nitrogens is 1. The molecule has 0 unspecified atom stereocenters. The van der Waals surface area contributed by atoms with Crippen molar-refractivity contribution in [3.8, 4) is 11.5 Å². The van der Waals surface area contributed by atoms with E-state index in [-0.39, 0.29) is 0 Å². The van der Waals surface area contributed by atoms with E-state index in [1.54, 1.807) is 26.5 Å². The van der Waals surface area contributed by atoms with Crippen molar-refractivity contribution in [2.75, 3.05) is 21.3 Å². The predicted octanol–water partition coefficient (Wildman–Crippen LogP) is 2.98. The van der Waals surface area contributed by atoms with Crippen molar-refractivity contribution >= 4 is 11.6 Å². The lowest BCUT2D eigenvalue weighted by molar-refractivity contribution is 0.292. The van der Waals surface area contributed by atoms with Crippen molar-refractivity contribution in [1.82, 2.24) is 10.1 Å². The van der Waals surface area contributed by atoms with Crippen molar-refractivity contribution in [3.05, 3.63) is 40.7 Å². The SMILES string of the molecule is COc1cc(Cl)cc(CN(C)Cc2ccon2)c1OC. The number of halogens is 1. The molecule has 1 aromatic carbocycles. The van der Waals surface area contributed by atoms with E-state index in [2.05, 4.69) is 10.1 Å². The number of benzene rings is 1. The van der Waals surface area contributed by atoms with Crippen LogP contribution in [0.4, 0.5) is 0 Å². The maximum Gasteiger partial charge on any atom is 0.165 e. The molecule has 0 aliphatic carbocycles. The van der Waals surface area contributed by atoms with Gasteiger partial charge in [-0.1, -0.05) is 16.8 Å². The summed E-state index contributed by atoms with van der Waals surface area (Å²) in [7, 11) is 5.20. The molecular weight excluding hydrogens is 280 g/mol. The van der Waals surface area contributed by atoms with Crippen LogP contribution in [0, 0.1) is 0 Å². The second-order valence-corrected chi connectivity index (χ2v) is 4.90. The number of nitrogens with zero attached hydrogens (tertiary/aromatic N) is 2. The molecule has 2 aromatic rings. The van der Waals surface area contributed by atoms with Gasteiger partial charge in [-0.15, -0.1) is 0 Å². The third-order valence-corrected chi connectivity index (χ3v) is 3.10. The van der Waals surface area contributed by atoms with Crippen LogP contribution in [0.2, 0.25) is 5.02 Å². The Hall–Kier alpha value is -1.72. The van der Waals surface area contributed by atoms with E-state index in [0.717, 1.165) is 11.3 Å². The fourth-order valence-corrected chi connectivity index (χ4v) is 2.30. The van der Waals surface area contributed by atoms with E-state index in [9.17, 15) is 0 Å². The third-order valence-electron chi connectivity index (χ3n) is 2.88. The Morgan fingerprint density at radius 2 is 2.05 bits per heavy atom. The predicted molar refractivity (Wildman–Crippen MR) is 76.2 cm³/mol. The Morgan fingerprint density at radius 1 is 1.25 bits per heavy atom. The zero-order valence-electron chi connectivity index (χ0n) is 11.7.